The van der Waals surface area contributed by atoms with Gasteiger partial charge in [-0.05, 0) is 55.5 Å². The molecular weight excluding hydrogens is 422 g/mol. The van der Waals surface area contributed by atoms with Gasteiger partial charge < -0.3 is 14.8 Å². The summed E-state index contributed by atoms with van der Waals surface area (Å²) in [5.74, 6) is 0.281. The highest BCUT2D eigenvalue weighted by molar-refractivity contribution is 7.17. The molecule has 1 amide bonds. The molecule has 0 aliphatic heterocycles. The van der Waals surface area contributed by atoms with Crippen molar-refractivity contribution >= 4 is 28.2 Å². The molecule has 6 heteroatoms. The van der Waals surface area contributed by atoms with Crippen LogP contribution in [-0.2, 0) is 9.53 Å². The van der Waals surface area contributed by atoms with E-state index in [1.807, 2.05) is 62.4 Å². The summed E-state index contributed by atoms with van der Waals surface area (Å²) in [5, 5.41) is 3.32. The Labute approximate surface area is 193 Å². The van der Waals surface area contributed by atoms with Crippen LogP contribution in [0.15, 0.2) is 48.5 Å². The molecule has 0 aliphatic rings. The lowest BCUT2D eigenvalue weighted by atomic mass is 9.98. The van der Waals surface area contributed by atoms with Crippen molar-refractivity contribution in [3.05, 3.63) is 70.1 Å². The van der Waals surface area contributed by atoms with E-state index in [-0.39, 0.29) is 19.1 Å². The number of amides is 1. The summed E-state index contributed by atoms with van der Waals surface area (Å²) in [4.78, 5) is 26.3. The molecule has 0 aliphatic carbocycles. The van der Waals surface area contributed by atoms with Crippen molar-refractivity contribution in [1.29, 1.82) is 0 Å². The predicted molar refractivity (Wildman–Crippen MR) is 130 cm³/mol. The second kappa shape index (κ2) is 10.5. The summed E-state index contributed by atoms with van der Waals surface area (Å²) in [7, 11) is 0. The Morgan fingerprint density at radius 2 is 1.78 bits per heavy atom. The Morgan fingerprint density at radius 1 is 1.06 bits per heavy atom. The van der Waals surface area contributed by atoms with Crippen LogP contribution in [0.3, 0.4) is 0 Å². The van der Waals surface area contributed by atoms with Crippen LogP contribution in [0, 0.1) is 13.8 Å². The van der Waals surface area contributed by atoms with Crippen LogP contribution in [0.1, 0.15) is 53.1 Å². The fraction of sp³-hybridized carbons (Fsp3) is 0.308. The van der Waals surface area contributed by atoms with Crippen molar-refractivity contribution in [1.82, 2.24) is 0 Å². The number of hydrogen-bond acceptors (Lipinski definition) is 5. The van der Waals surface area contributed by atoms with E-state index in [1.165, 1.54) is 16.9 Å². The van der Waals surface area contributed by atoms with Gasteiger partial charge in [-0.25, -0.2) is 4.79 Å². The zero-order chi connectivity index (χ0) is 23.3. The van der Waals surface area contributed by atoms with Gasteiger partial charge in [-0.1, -0.05) is 50.2 Å². The first-order valence-corrected chi connectivity index (χ1v) is 11.5. The van der Waals surface area contributed by atoms with E-state index >= 15 is 0 Å². The molecule has 168 valence electrons. The molecule has 3 rings (SSSR count). The summed E-state index contributed by atoms with van der Waals surface area (Å²) in [6, 6.07) is 15.5. The summed E-state index contributed by atoms with van der Waals surface area (Å²) >= 11 is 1.36. The first kappa shape index (κ1) is 23.5. The molecule has 0 unspecified atom stereocenters. The normalized spacial score (nSPS) is 10.8. The van der Waals surface area contributed by atoms with Gasteiger partial charge in [0.15, 0.2) is 6.61 Å². The van der Waals surface area contributed by atoms with Gasteiger partial charge >= 0.3 is 5.97 Å². The first-order chi connectivity index (χ1) is 15.3. The van der Waals surface area contributed by atoms with Crippen molar-refractivity contribution in [2.24, 2.45) is 0 Å². The van der Waals surface area contributed by atoms with Crippen molar-refractivity contribution in [2.75, 3.05) is 18.5 Å². The van der Waals surface area contributed by atoms with Gasteiger partial charge in [0.25, 0.3) is 5.91 Å². The molecule has 0 saturated heterocycles. The van der Waals surface area contributed by atoms with Gasteiger partial charge in [-0.3, -0.25) is 4.79 Å². The summed E-state index contributed by atoms with van der Waals surface area (Å²) < 4.78 is 11.0. The highest BCUT2D eigenvalue weighted by atomic mass is 32.1. The summed E-state index contributed by atoms with van der Waals surface area (Å²) in [6.45, 7) is 10.1. The number of hydrogen-bond donors (Lipinski definition) is 1. The lowest BCUT2D eigenvalue weighted by Gasteiger charge is -2.13. The highest BCUT2D eigenvalue weighted by Crippen LogP contribution is 2.40. The third kappa shape index (κ3) is 5.37. The van der Waals surface area contributed by atoms with Gasteiger partial charge in [-0.2, -0.15) is 0 Å². The van der Waals surface area contributed by atoms with Crippen molar-refractivity contribution in [3.63, 3.8) is 0 Å². The van der Waals surface area contributed by atoms with Crippen molar-refractivity contribution in [3.8, 4) is 16.9 Å². The van der Waals surface area contributed by atoms with Gasteiger partial charge in [0.2, 0.25) is 0 Å². The Morgan fingerprint density at radius 3 is 2.41 bits per heavy atom. The van der Waals surface area contributed by atoms with Gasteiger partial charge in [0.1, 0.15) is 16.3 Å². The second-order valence-corrected chi connectivity index (χ2v) is 9.06. The minimum absolute atomic E-state index is 0.152. The SMILES string of the molecule is CCOC(=O)c1c(NC(=O)COc2ccc(C(C)C)c(C)c2)sc(C)c1-c1ccccc1. The number of rotatable bonds is 8. The van der Waals surface area contributed by atoms with Crippen LogP contribution in [0.4, 0.5) is 5.00 Å². The first-order valence-electron chi connectivity index (χ1n) is 10.7. The van der Waals surface area contributed by atoms with Crippen LogP contribution in [-0.4, -0.2) is 25.1 Å². The Hall–Kier alpha value is -3.12. The lowest BCUT2D eigenvalue weighted by molar-refractivity contribution is -0.118. The standard InChI is InChI=1S/C26H29NO4S/c1-6-30-26(29)24-23(19-10-8-7-9-11-19)18(5)32-25(24)27-22(28)15-31-20-12-13-21(16(2)3)17(4)14-20/h7-14,16H,6,15H2,1-5H3,(H,27,28). The number of nitrogens with one attached hydrogen (secondary N) is 1. The fourth-order valence-corrected chi connectivity index (χ4v) is 4.76. The quantitative estimate of drug-likeness (QED) is 0.405. The number of aryl methyl sites for hydroxylation is 2. The minimum Gasteiger partial charge on any atom is -0.484 e. The Bertz CT molecular complexity index is 1100. The molecule has 5 nitrogen and oxygen atoms in total. The molecule has 2 aromatic carbocycles. The third-order valence-electron chi connectivity index (χ3n) is 5.11. The van der Waals surface area contributed by atoms with E-state index in [4.69, 9.17) is 9.47 Å². The molecule has 3 aromatic rings. The van der Waals surface area contributed by atoms with Gasteiger partial charge in [0, 0.05) is 10.4 Å². The topological polar surface area (TPSA) is 64.6 Å². The molecule has 0 spiro atoms. The average Bonchev–Trinajstić information content (AvgIpc) is 3.08. The highest BCUT2D eigenvalue weighted by Gasteiger charge is 2.25. The van der Waals surface area contributed by atoms with Crippen LogP contribution in [0.5, 0.6) is 5.75 Å². The lowest BCUT2D eigenvalue weighted by Crippen LogP contribution is -2.21. The van der Waals surface area contributed by atoms with Crippen LogP contribution < -0.4 is 10.1 Å². The summed E-state index contributed by atoms with van der Waals surface area (Å²) in [6.07, 6.45) is 0. The van der Waals surface area contributed by atoms with E-state index in [0.717, 1.165) is 21.6 Å². The molecule has 1 heterocycles. The number of benzene rings is 2. The van der Waals surface area contributed by atoms with E-state index in [1.54, 1.807) is 6.92 Å². The number of carbonyl (C=O) groups is 2. The fourth-order valence-electron chi connectivity index (χ4n) is 3.68. The van der Waals surface area contributed by atoms with E-state index in [9.17, 15) is 9.59 Å². The predicted octanol–water partition coefficient (Wildman–Crippen LogP) is 6.35. The average molecular weight is 452 g/mol. The number of ether oxygens (including phenoxy) is 2. The maximum atomic E-state index is 12.8. The zero-order valence-corrected chi connectivity index (χ0v) is 20.0. The zero-order valence-electron chi connectivity index (χ0n) is 19.2. The maximum Gasteiger partial charge on any atom is 0.341 e. The second-order valence-electron chi connectivity index (χ2n) is 7.83. The number of esters is 1. The van der Waals surface area contributed by atoms with Crippen LogP contribution >= 0.6 is 11.3 Å². The molecule has 1 aromatic heterocycles. The number of thiophene rings is 1. The molecule has 0 bridgehead atoms. The largest absolute Gasteiger partial charge is 0.484 e. The van der Waals surface area contributed by atoms with Crippen LogP contribution in [0.25, 0.3) is 11.1 Å². The summed E-state index contributed by atoms with van der Waals surface area (Å²) in [5.41, 5.74) is 4.45. The molecule has 0 saturated carbocycles. The molecule has 0 atom stereocenters. The molecule has 32 heavy (non-hydrogen) atoms. The molecule has 0 fully saturated rings. The Kier molecular flexibility index (Phi) is 7.70. The van der Waals surface area contributed by atoms with Crippen molar-refractivity contribution in [2.45, 2.75) is 40.5 Å². The third-order valence-corrected chi connectivity index (χ3v) is 6.13. The molecule has 0 radical (unpaired) electrons. The van der Waals surface area contributed by atoms with E-state index in [0.29, 0.717) is 22.2 Å². The van der Waals surface area contributed by atoms with Crippen molar-refractivity contribution < 1.29 is 19.1 Å². The maximum absolute atomic E-state index is 12.8. The smallest absolute Gasteiger partial charge is 0.341 e. The van der Waals surface area contributed by atoms with Crippen LogP contribution in [0.2, 0.25) is 0 Å². The molecular formula is C26H29NO4S. The van der Waals surface area contributed by atoms with E-state index < -0.39 is 5.97 Å². The van der Waals surface area contributed by atoms with E-state index in [2.05, 4.69) is 19.2 Å². The van der Waals surface area contributed by atoms with Gasteiger partial charge in [-0.15, -0.1) is 11.3 Å². The Balaban J connectivity index is 1.80. The number of carbonyl (C=O) groups excluding carboxylic acids is 2. The number of anilines is 1. The molecule has 1 N–H and O–H groups in total. The van der Waals surface area contributed by atoms with Gasteiger partial charge in [0.05, 0.1) is 6.61 Å². The minimum atomic E-state index is -0.452. The monoisotopic (exact) mass is 451 g/mol.